The van der Waals surface area contributed by atoms with E-state index in [1.54, 1.807) is 0 Å². The van der Waals surface area contributed by atoms with E-state index in [0.29, 0.717) is 35.9 Å². The summed E-state index contributed by atoms with van der Waals surface area (Å²) >= 11 is 0. The molecule has 0 aromatic heterocycles. The topological polar surface area (TPSA) is 32.3 Å². The summed E-state index contributed by atoms with van der Waals surface area (Å²) in [5.74, 6) is 1.68. The van der Waals surface area contributed by atoms with Gasteiger partial charge in [0.15, 0.2) is 0 Å². The monoisotopic (exact) mass is 300 g/mol. The van der Waals surface area contributed by atoms with Crippen LogP contribution in [-0.2, 0) is 4.79 Å². The van der Waals surface area contributed by atoms with Crippen molar-refractivity contribution in [3.63, 3.8) is 0 Å². The normalized spacial score (nSPS) is 36.2. The molecule has 3 rings (SSSR count). The number of amides is 1. The van der Waals surface area contributed by atoms with Crippen LogP contribution in [0.4, 0.5) is 0 Å². The fourth-order valence-corrected chi connectivity index (χ4v) is 4.50. The fraction of sp³-hybridized carbons (Fsp3) is 0.938. The van der Waals surface area contributed by atoms with Crippen LogP contribution in [0.1, 0.15) is 58.8 Å². The highest BCUT2D eigenvalue weighted by Gasteiger charge is 2.36. The zero-order chi connectivity index (χ0) is 13.4. The van der Waals surface area contributed by atoms with Crippen LogP contribution in [0.3, 0.4) is 0 Å². The van der Waals surface area contributed by atoms with Gasteiger partial charge in [-0.3, -0.25) is 4.79 Å². The molecule has 20 heavy (non-hydrogen) atoms. The molecule has 4 heteroatoms. The van der Waals surface area contributed by atoms with Crippen molar-refractivity contribution in [2.75, 3.05) is 6.54 Å². The van der Waals surface area contributed by atoms with E-state index >= 15 is 0 Å². The van der Waals surface area contributed by atoms with E-state index < -0.39 is 0 Å². The minimum absolute atomic E-state index is 0. The van der Waals surface area contributed by atoms with Crippen molar-refractivity contribution in [3.05, 3.63) is 0 Å². The summed E-state index contributed by atoms with van der Waals surface area (Å²) < 4.78 is 0. The number of rotatable bonds is 3. The van der Waals surface area contributed by atoms with Crippen molar-refractivity contribution in [1.29, 1.82) is 0 Å². The Morgan fingerprint density at radius 2 is 1.85 bits per heavy atom. The molecule has 3 atom stereocenters. The number of nitrogens with zero attached hydrogens (tertiary/aromatic N) is 1. The average molecular weight is 301 g/mol. The molecule has 0 saturated carbocycles. The summed E-state index contributed by atoms with van der Waals surface area (Å²) in [6.07, 6.45) is 8.32. The van der Waals surface area contributed by atoms with Crippen LogP contribution >= 0.6 is 12.4 Å². The molecule has 0 aromatic carbocycles. The van der Waals surface area contributed by atoms with E-state index in [0.717, 1.165) is 13.0 Å². The van der Waals surface area contributed by atoms with Gasteiger partial charge in [-0.25, -0.2) is 0 Å². The predicted octanol–water partition coefficient (Wildman–Crippen LogP) is 2.98. The van der Waals surface area contributed by atoms with Crippen molar-refractivity contribution < 1.29 is 4.79 Å². The highest BCUT2D eigenvalue weighted by Crippen LogP contribution is 2.34. The van der Waals surface area contributed by atoms with Crippen molar-refractivity contribution in [1.82, 2.24) is 10.2 Å². The van der Waals surface area contributed by atoms with Gasteiger partial charge in [0.05, 0.1) is 0 Å². The molecule has 0 radical (unpaired) electrons. The molecule has 3 heterocycles. The number of halogens is 1. The Morgan fingerprint density at radius 1 is 1.20 bits per heavy atom. The SMILES string of the molecule is CC(C)C1CCCN1C(=O)CC1CC2CCC(C1)N2.Cl. The Balaban J connectivity index is 0.00000147. The first kappa shape index (κ1) is 16.1. The lowest BCUT2D eigenvalue weighted by atomic mass is 9.89. The standard InChI is InChI=1S/C16H28N2O.ClH/c1-11(2)15-4-3-7-18(15)16(19)10-12-8-13-5-6-14(9-12)17-13;/h11-15,17H,3-10H2,1-2H3;1H. The lowest BCUT2D eigenvalue weighted by molar-refractivity contribution is -0.134. The van der Waals surface area contributed by atoms with Crippen LogP contribution < -0.4 is 5.32 Å². The number of carbonyl (C=O) groups excluding carboxylic acids is 1. The number of likely N-dealkylation sites (tertiary alicyclic amines) is 1. The molecule has 0 aliphatic carbocycles. The number of nitrogens with one attached hydrogen (secondary N) is 1. The van der Waals surface area contributed by atoms with Gasteiger partial charge in [0, 0.05) is 31.1 Å². The minimum Gasteiger partial charge on any atom is -0.339 e. The Bertz CT molecular complexity index is 335. The zero-order valence-corrected chi connectivity index (χ0v) is 13.6. The highest BCUT2D eigenvalue weighted by atomic mass is 35.5. The molecule has 0 spiro atoms. The Hall–Kier alpha value is -0.280. The van der Waals surface area contributed by atoms with Gasteiger partial charge in [-0.15, -0.1) is 12.4 Å². The van der Waals surface area contributed by atoms with E-state index in [9.17, 15) is 4.79 Å². The van der Waals surface area contributed by atoms with Crippen LogP contribution in [-0.4, -0.2) is 35.5 Å². The lowest BCUT2D eigenvalue weighted by Gasteiger charge is -2.32. The molecule has 3 saturated heterocycles. The number of fused-ring (bicyclic) bond motifs is 2. The zero-order valence-electron chi connectivity index (χ0n) is 12.8. The van der Waals surface area contributed by atoms with Gasteiger partial charge in [-0.05, 0) is 50.4 Å². The number of hydrogen-bond donors (Lipinski definition) is 1. The fourth-order valence-electron chi connectivity index (χ4n) is 4.50. The molecular formula is C16H29ClN2O. The lowest BCUT2D eigenvalue weighted by Crippen LogP contribution is -2.42. The second-order valence-corrected chi connectivity index (χ2v) is 7.22. The number of carbonyl (C=O) groups is 1. The maximum Gasteiger partial charge on any atom is 0.223 e. The van der Waals surface area contributed by atoms with Gasteiger partial charge in [0.2, 0.25) is 5.91 Å². The van der Waals surface area contributed by atoms with Gasteiger partial charge in [0.1, 0.15) is 0 Å². The average Bonchev–Trinajstić information content (AvgIpc) is 2.96. The Morgan fingerprint density at radius 3 is 2.45 bits per heavy atom. The van der Waals surface area contributed by atoms with E-state index in [4.69, 9.17) is 0 Å². The summed E-state index contributed by atoms with van der Waals surface area (Å²) in [6.45, 7) is 5.50. The van der Waals surface area contributed by atoms with Crippen molar-refractivity contribution in [3.8, 4) is 0 Å². The van der Waals surface area contributed by atoms with Gasteiger partial charge in [-0.2, -0.15) is 0 Å². The van der Waals surface area contributed by atoms with Gasteiger partial charge < -0.3 is 10.2 Å². The molecule has 3 unspecified atom stereocenters. The minimum atomic E-state index is 0. The van der Waals surface area contributed by atoms with Crippen molar-refractivity contribution in [2.24, 2.45) is 11.8 Å². The third-order valence-corrected chi connectivity index (χ3v) is 5.42. The first-order valence-corrected chi connectivity index (χ1v) is 8.19. The summed E-state index contributed by atoms with van der Waals surface area (Å²) in [5.41, 5.74) is 0. The van der Waals surface area contributed by atoms with Crippen LogP contribution in [0.5, 0.6) is 0 Å². The Labute approximate surface area is 129 Å². The summed E-state index contributed by atoms with van der Waals surface area (Å²) in [7, 11) is 0. The highest BCUT2D eigenvalue weighted by molar-refractivity contribution is 5.85. The van der Waals surface area contributed by atoms with Gasteiger partial charge in [0.25, 0.3) is 0 Å². The largest absolute Gasteiger partial charge is 0.339 e. The van der Waals surface area contributed by atoms with Gasteiger partial charge >= 0.3 is 0 Å². The maximum absolute atomic E-state index is 12.6. The van der Waals surface area contributed by atoms with Crippen molar-refractivity contribution in [2.45, 2.75) is 76.9 Å². The maximum atomic E-state index is 12.6. The molecule has 0 aromatic rings. The third-order valence-electron chi connectivity index (χ3n) is 5.42. The van der Waals surface area contributed by atoms with Crippen molar-refractivity contribution >= 4 is 18.3 Å². The van der Waals surface area contributed by atoms with E-state index in [2.05, 4.69) is 24.1 Å². The van der Waals surface area contributed by atoms with Gasteiger partial charge in [-0.1, -0.05) is 13.8 Å². The predicted molar refractivity (Wildman–Crippen MR) is 84.1 cm³/mol. The number of hydrogen-bond acceptors (Lipinski definition) is 2. The first-order chi connectivity index (χ1) is 9.13. The van der Waals surface area contributed by atoms with Crippen LogP contribution in [0.25, 0.3) is 0 Å². The Kier molecular flexibility index (Phi) is 5.36. The second kappa shape index (κ2) is 6.65. The summed E-state index contributed by atoms with van der Waals surface area (Å²) in [5, 5.41) is 3.67. The third kappa shape index (κ3) is 3.30. The first-order valence-electron chi connectivity index (χ1n) is 8.19. The number of piperidine rings is 1. The summed E-state index contributed by atoms with van der Waals surface area (Å²) in [6, 6.07) is 1.91. The second-order valence-electron chi connectivity index (χ2n) is 7.22. The molecule has 1 amide bonds. The molecule has 2 bridgehead atoms. The van der Waals surface area contributed by atoms with E-state index in [1.165, 1.54) is 38.5 Å². The summed E-state index contributed by atoms with van der Waals surface area (Å²) in [4.78, 5) is 14.8. The van der Waals surface area contributed by atoms with E-state index in [1.807, 2.05) is 0 Å². The molecule has 3 aliphatic heterocycles. The van der Waals surface area contributed by atoms with Crippen LogP contribution in [0.2, 0.25) is 0 Å². The molecule has 3 fully saturated rings. The van der Waals surface area contributed by atoms with Crippen LogP contribution in [0.15, 0.2) is 0 Å². The molecule has 1 N–H and O–H groups in total. The van der Waals surface area contributed by atoms with E-state index in [-0.39, 0.29) is 12.4 Å². The van der Waals surface area contributed by atoms with Crippen LogP contribution in [0, 0.1) is 11.8 Å². The smallest absolute Gasteiger partial charge is 0.223 e. The molecule has 116 valence electrons. The quantitative estimate of drug-likeness (QED) is 0.869. The molecule has 3 aliphatic rings. The molecule has 3 nitrogen and oxygen atoms in total. The molecular weight excluding hydrogens is 272 g/mol.